The quantitative estimate of drug-likeness (QED) is 0.508. The lowest BCUT2D eigenvalue weighted by atomic mass is 9.92. The molecule has 1 aromatic heterocycles. The molecule has 1 aliphatic rings. The van der Waals surface area contributed by atoms with Crippen LogP contribution in [0.5, 0.6) is 0 Å². The monoisotopic (exact) mass is 433 g/mol. The normalized spacial score (nSPS) is 15.6. The van der Waals surface area contributed by atoms with E-state index < -0.39 is 0 Å². The van der Waals surface area contributed by atoms with Crippen molar-refractivity contribution in [2.75, 3.05) is 10.6 Å². The Bertz CT molecular complexity index is 1120. The number of carbonyl (C=O) groups is 1. The highest BCUT2D eigenvalue weighted by molar-refractivity contribution is 7.98. The molecule has 0 saturated heterocycles. The third-order valence-electron chi connectivity index (χ3n) is 5.40. The van der Waals surface area contributed by atoms with Crippen molar-refractivity contribution in [1.29, 1.82) is 0 Å². The molecule has 2 aromatic carbocycles. The van der Waals surface area contributed by atoms with Gasteiger partial charge in [0, 0.05) is 17.1 Å². The van der Waals surface area contributed by atoms with Gasteiger partial charge in [-0.25, -0.2) is 4.68 Å². The van der Waals surface area contributed by atoms with Gasteiger partial charge >= 0.3 is 0 Å². The average molecular weight is 434 g/mol. The van der Waals surface area contributed by atoms with Gasteiger partial charge in [0.1, 0.15) is 0 Å². The molecule has 7 heteroatoms. The molecule has 0 bridgehead atoms. The Labute approximate surface area is 187 Å². The number of thioether (sulfide) groups is 1. The first kappa shape index (κ1) is 21.2. The second-order valence-corrected chi connectivity index (χ2v) is 8.99. The minimum atomic E-state index is -0.194. The minimum Gasteiger partial charge on any atom is -0.328 e. The molecular formula is C24H27N5OS. The van der Waals surface area contributed by atoms with Crippen LogP contribution in [0.3, 0.4) is 0 Å². The smallest absolute Gasteiger partial charge is 0.255 e. The van der Waals surface area contributed by atoms with E-state index in [9.17, 15) is 4.79 Å². The molecule has 2 heterocycles. The average Bonchev–Trinajstić information content (AvgIpc) is 3.14. The largest absolute Gasteiger partial charge is 0.328 e. The van der Waals surface area contributed by atoms with Crippen molar-refractivity contribution < 1.29 is 4.79 Å². The molecule has 0 saturated carbocycles. The summed E-state index contributed by atoms with van der Waals surface area (Å²) in [6.45, 7) is 8.24. The van der Waals surface area contributed by atoms with Gasteiger partial charge in [0.25, 0.3) is 5.91 Å². The van der Waals surface area contributed by atoms with E-state index in [0.717, 1.165) is 17.1 Å². The van der Waals surface area contributed by atoms with Crippen molar-refractivity contribution in [3.8, 4) is 0 Å². The van der Waals surface area contributed by atoms with Crippen molar-refractivity contribution in [1.82, 2.24) is 14.8 Å². The molecule has 3 aromatic rings. The van der Waals surface area contributed by atoms with Crippen LogP contribution in [0.4, 0.5) is 11.6 Å². The van der Waals surface area contributed by atoms with E-state index in [0.29, 0.717) is 16.7 Å². The molecule has 31 heavy (non-hydrogen) atoms. The van der Waals surface area contributed by atoms with E-state index in [4.69, 9.17) is 10.1 Å². The number of nitrogens with zero attached hydrogens (tertiary/aromatic N) is 3. The predicted molar refractivity (Wildman–Crippen MR) is 126 cm³/mol. The Morgan fingerprint density at radius 2 is 1.84 bits per heavy atom. The zero-order valence-electron chi connectivity index (χ0n) is 18.2. The van der Waals surface area contributed by atoms with Crippen LogP contribution < -0.4 is 10.6 Å². The molecule has 1 aliphatic heterocycles. The van der Waals surface area contributed by atoms with Crippen LogP contribution in [0.25, 0.3) is 0 Å². The summed E-state index contributed by atoms with van der Waals surface area (Å²) in [6, 6.07) is 17.7. The molecule has 1 amide bonds. The van der Waals surface area contributed by atoms with Gasteiger partial charge in [-0.2, -0.15) is 4.98 Å². The molecule has 0 unspecified atom stereocenters. The minimum absolute atomic E-state index is 0.120. The number of nitrogens with one attached hydrogen (secondary N) is 2. The number of allylic oxidation sites excluding steroid dienone is 1. The van der Waals surface area contributed by atoms with E-state index in [-0.39, 0.29) is 17.9 Å². The highest BCUT2D eigenvalue weighted by atomic mass is 32.2. The Balaban J connectivity index is 1.58. The Hall–Kier alpha value is -3.06. The lowest BCUT2D eigenvalue weighted by Gasteiger charge is -2.30. The molecule has 1 atom stereocenters. The van der Waals surface area contributed by atoms with E-state index in [1.807, 2.05) is 48.0 Å². The molecule has 4 rings (SSSR count). The number of rotatable bonds is 6. The van der Waals surface area contributed by atoms with Crippen molar-refractivity contribution in [3.63, 3.8) is 0 Å². The SMILES string of the molecule is CC1=C(C(=O)Nc2ccccc2)[C@H](C(C)C)n2nc(SCc3ccccc3C)nc2N1. The van der Waals surface area contributed by atoms with E-state index in [1.54, 1.807) is 11.8 Å². The first-order chi connectivity index (χ1) is 14.9. The van der Waals surface area contributed by atoms with Gasteiger partial charge in [-0.1, -0.05) is 68.1 Å². The molecule has 160 valence electrons. The van der Waals surface area contributed by atoms with Crippen molar-refractivity contribution in [2.24, 2.45) is 5.92 Å². The van der Waals surface area contributed by atoms with Crippen LogP contribution in [0.1, 0.15) is 37.9 Å². The number of benzene rings is 2. The van der Waals surface area contributed by atoms with Crippen molar-refractivity contribution in [3.05, 3.63) is 77.0 Å². The predicted octanol–water partition coefficient (Wildman–Crippen LogP) is 5.41. The van der Waals surface area contributed by atoms with Crippen LogP contribution >= 0.6 is 11.8 Å². The molecule has 0 aliphatic carbocycles. The molecule has 0 spiro atoms. The second kappa shape index (κ2) is 8.98. The van der Waals surface area contributed by atoms with E-state index >= 15 is 0 Å². The Morgan fingerprint density at radius 1 is 1.13 bits per heavy atom. The first-order valence-electron chi connectivity index (χ1n) is 10.4. The summed E-state index contributed by atoms with van der Waals surface area (Å²) in [5.41, 5.74) is 4.80. The maximum Gasteiger partial charge on any atom is 0.255 e. The highest BCUT2D eigenvalue weighted by Crippen LogP contribution is 2.37. The molecule has 0 fully saturated rings. The van der Waals surface area contributed by atoms with Gasteiger partial charge in [-0.3, -0.25) is 4.79 Å². The fourth-order valence-corrected chi connectivity index (χ4v) is 4.68. The number of aryl methyl sites for hydroxylation is 1. The summed E-state index contributed by atoms with van der Waals surface area (Å²) in [7, 11) is 0. The fraction of sp³-hybridized carbons (Fsp3) is 0.292. The third kappa shape index (κ3) is 4.51. The summed E-state index contributed by atoms with van der Waals surface area (Å²) in [5, 5.41) is 11.8. The van der Waals surface area contributed by atoms with Crippen molar-refractivity contribution >= 4 is 29.3 Å². The van der Waals surface area contributed by atoms with E-state index in [2.05, 4.69) is 49.6 Å². The Morgan fingerprint density at radius 3 is 2.55 bits per heavy atom. The number of hydrogen-bond acceptors (Lipinski definition) is 5. The number of hydrogen-bond donors (Lipinski definition) is 2. The maximum atomic E-state index is 13.2. The summed E-state index contributed by atoms with van der Waals surface area (Å²) >= 11 is 1.61. The van der Waals surface area contributed by atoms with Crippen LogP contribution in [-0.4, -0.2) is 20.7 Å². The van der Waals surface area contributed by atoms with Crippen LogP contribution in [0.2, 0.25) is 0 Å². The van der Waals surface area contributed by atoms with Crippen molar-refractivity contribution in [2.45, 2.75) is 44.6 Å². The number of fused-ring (bicyclic) bond motifs is 1. The number of aromatic nitrogens is 3. The third-order valence-corrected chi connectivity index (χ3v) is 6.29. The molecule has 2 N–H and O–H groups in total. The first-order valence-corrected chi connectivity index (χ1v) is 11.4. The number of amides is 1. The number of para-hydroxylation sites is 1. The Kier molecular flexibility index (Phi) is 6.13. The number of anilines is 2. The fourth-order valence-electron chi connectivity index (χ4n) is 3.78. The summed E-state index contributed by atoms with van der Waals surface area (Å²) in [4.78, 5) is 17.9. The molecule has 6 nitrogen and oxygen atoms in total. The standard InChI is InChI=1S/C24H27N5OS/c1-15(2)21-20(22(30)26-19-12-6-5-7-13-19)17(4)25-23-27-24(28-29(21)23)31-14-18-11-9-8-10-16(18)3/h5-13,15,21H,14H2,1-4H3,(H,26,30)(H,25,27,28)/t21-/m0/s1. The molecular weight excluding hydrogens is 406 g/mol. The summed E-state index contributed by atoms with van der Waals surface area (Å²) in [6.07, 6.45) is 0. The van der Waals surface area contributed by atoms with Gasteiger partial charge in [0.15, 0.2) is 0 Å². The number of carbonyl (C=O) groups excluding carboxylic acids is 1. The van der Waals surface area contributed by atoms with Gasteiger partial charge in [0.05, 0.1) is 11.6 Å². The summed E-state index contributed by atoms with van der Waals surface area (Å²) in [5.74, 6) is 1.53. The van der Waals surface area contributed by atoms with E-state index in [1.165, 1.54) is 11.1 Å². The van der Waals surface area contributed by atoms with Gasteiger partial charge in [0.2, 0.25) is 11.1 Å². The topological polar surface area (TPSA) is 71.8 Å². The van der Waals surface area contributed by atoms with Gasteiger partial charge in [-0.15, -0.1) is 5.10 Å². The zero-order chi connectivity index (χ0) is 22.0. The van der Waals surface area contributed by atoms with Crippen LogP contribution in [-0.2, 0) is 10.5 Å². The van der Waals surface area contributed by atoms with Crippen LogP contribution in [0, 0.1) is 12.8 Å². The van der Waals surface area contributed by atoms with Gasteiger partial charge in [-0.05, 0) is 43.0 Å². The lowest BCUT2D eigenvalue weighted by Crippen LogP contribution is -2.33. The maximum absolute atomic E-state index is 13.2. The molecule has 0 radical (unpaired) electrons. The zero-order valence-corrected chi connectivity index (χ0v) is 19.0. The lowest BCUT2D eigenvalue weighted by molar-refractivity contribution is -0.113. The summed E-state index contributed by atoms with van der Waals surface area (Å²) < 4.78 is 1.86. The van der Waals surface area contributed by atoms with Crippen LogP contribution in [0.15, 0.2) is 71.0 Å². The highest BCUT2D eigenvalue weighted by Gasteiger charge is 2.35. The van der Waals surface area contributed by atoms with Gasteiger partial charge < -0.3 is 10.6 Å². The second-order valence-electron chi connectivity index (χ2n) is 8.05.